The molecular weight excluding hydrogens is 360 g/mol. The Bertz CT molecular complexity index is 839. The zero-order valence-electron chi connectivity index (χ0n) is 16.5. The van der Waals surface area contributed by atoms with Crippen LogP contribution in [0.5, 0.6) is 11.5 Å². The summed E-state index contributed by atoms with van der Waals surface area (Å²) in [5, 5.41) is 9.47. The van der Waals surface area contributed by atoms with Crippen molar-refractivity contribution in [1.82, 2.24) is 0 Å². The van der Waals surface area contributed by atoms with Crippen LogP contribution in [0.4, 0.5) is 0 Å². The summed E-state index contributed by atoms with van der Waals surface area (Å²) in [6.07, 6.45) is 5.23. The summed E-state index contributed by atoms with van der Waals surface area (Å²) in [4.78, 5) is 0.543. The zero-order chi connectivity index (χ0) is 19.9. The van der Waals surface area contributed by atoms with Crippen LogP contribution in [0.3, 0.4) is 0 Å². The lowest BCUT2D eigenvalue weighted by Crippen LogP contribution is -2.09. The number of benzene rings is 2. The number of ether oxygens (including phenoxy) is 1. The maximum Gasteiger partial charge on any atom is 0.206 e. The Balaban J connectivity index is 2.55. The first-order valence-electron chi connectivity index (χ1n) is 9.76. The van der Waals surface area contributed by atoms with Gasteiger partial charge in [0.1, 0.15) is 11.5 Å². The van der Waals surface area contributed by atoms with E-state index in [1.807, 2.05) is 13.0 Å². The molecule has 0 radical (unpaired) electrons. The van der Waals surface area contributed by atoms with E-state index >= 15 is 0 Å². The van der Waals surface area contributed by atoms with Crippen LogP contribution in [0, 0.1) is 0 Å². The molecule has 0 bridgehead atoms. The number of sulfone groups is 1. The minimum Gasteiger partial charge on any atom is -0.508 e. The van der Waals surface area contributed by atoms with E-state index < -0.39 is 9.84 Å². The SMILES string of the molecule is CCCCOc1cc(CCC)c(S(=O)(=O)c2ccc(O)cc2)cc1CCC. The second-order valence-electron chi connectivity index (χ2n) is 6.77. The second-order valence-corrected chi connectivity index (χ2v) is 8.69. The summed E-state index contributed by atoms with van der Waals surface area (Å²) in [5.41, 5.74) is 1.72. The molecule has 148 valence electrons. The normalized spacial score (nSPS) is 11.5. The smallest absolute Gasteiger partial charge is 0.206 e. The highest BCUT2D eigenvalue weighted by Gasteiger charge is 2.23. The van der Waals surface area contributed by atoms with E-state index in [2.05, 4.69) is 13.8 Å². The van der Waals surface area contributed by atoms with Crippen molar-refractivity contribution in [3.8, 4) is 11.5 Å². The summed E-state index contributed by atoms with van der Waals surface area (Å²) >= 11 is 0. The number of hydrogen-bond donors (Lipinski definition) is 1. The van der Waals surface area contributed by atoms with Gasteiger partial charge in [0.25, 0.3) is 0 Å². The number of phenols is 1. The summed E-state index contributed by atoms with van der Waals surface area (Å²) < 4.78 is 32.5. The van der Waals surface area contributed by atoms with Gasteiger partial charge in [0.05, 0.1) is 16.4 Å². The van der Waals surface area contributed by atoms with E-state index in [4.69, 9.17) is 4.74 Å². The minimum atomic E-state index is -3.66. The molecule has 1 N–H and O–H groups in total. The van der Waals surface area contributed by atoms with E-state index in [9.17, 15) is 13.5 Å². The maximum atomic E-state index is 13.2. The molecular formula is C22H30O4S. The van der Waals surface area contributed by atoms with Gasteiger partial charge in [0.15, 0.2) is 0 Å². The number of aryl methyl sites for hydroxylation is 2. The van der Waals surface area contributed by atoms with Gasteiger partial charge >= 0.3 is 0 Å². The minimum absolute atomic E-state index is 0.0501. The van der Waals surface area contributed by atoms with Gasteiger partial charge in [0.2, 0.25) is 9.84 Å². The third kappa shape index (κ3) is 5.25. The fraction of sp³-hybridized carbons (Fsp3) is 0.455. The van der Waals surface area contributed by atoms with Crippen molar-refractivity contribution >= 4 is 9.84 Å². The molecule has 2 rings (SSSR count). The zero-order valence-corrected chi connectivity index (χ0v) is 17.3. The molecule has 0 saturated carbocycles. The fourth-order valence-corrected chi connectivity index (χ4v) is 4.59. The lowest BCUT2D eigenvalue weighted by molar-refractivity contribution is 0.305. The Kier molecular flexibility index (Phi) is 7.72. The first-order chi connectivity index (χ1) is 12.9. The number of phenolic OH excluding ortho intramolecular Hbond substituents is 1. The van der Waals surface area contributed by atoms with Gasteiger partial charge in [-0.2, -0.15) is 0 Å². The molecule has 0 saturated heterocycles. The topological polar surface area (TPSA) is 63.6 Å². The summed E-state index contributed by atoms with van der Waals surface area (Å²) in [5.74, 6) is 0.854. The van der Waals surface area contributed by atoms with Crippen LogP contribution in [0.25, 0.3) is 0 Å². The van der Waals surface area contributed by atoms with Gasteiger partial charge < -0.3 is 9.84 Å². The average molecular weight is 391 g/mol. The van der Waals surface area contributed by atoms with E-state index in [0.29, 0.717) is 17.9 Å². The van der Waals surface area contributed by atoms with Crippen LogP contribution in [-0.4, -0.2) is 20.1 Å². The second kappa shape index (κ2) is 9.79. The molecule has 2 aromatic rings. The molecule has 0 aliphatic heterocycles. The Labute approximate surface area is 163 Å². The molecule has 0 aliphatic carbocycles. The Morgan fingerprint density at radius 3 is 2.11 bits per heavy atom. The molecule has 0 heterocycles. The maximum absolute atomic E-state index is 13.2. The Morgan fingerprint density at radius 1 is 0.889 bits per heavy atom. The predicted molar refractivity (Wildman–Crippen MR) is 108 cm³/mol. The monoisotopic (exact) mass is 390 g/mol. The molecule has 0 amide bonds. The lowest BCUT2D eigenvalue weighted by Gasteiger charge is -2.17. The number of unbranched alkanes of at least 4 members (excludes halogenated alkanes) is 1. The van der Waals surface area contributed by atoms with Crippen molar-refractivity contribution in [3.63, 3.8) is 0 Å². The van der Waals surface area contributed by atoms with E-state index in [1.165, 1.54) is 24.3 Å². The standard InChI is InChI=1S/C22H30O4S/c1-4-7-14-26-21-15-18(9-6-3)22(16-17(21)8-5-2)27(24,25)20-12-10-19(23)11-13-20/h10-13,15-16,23H,4-9,14H2,1-3H3. The van der Waals surface area contributed by atoms with E-state index in [0.717, 1.165) is 49.0 Å². The van der Waals surface area contributed by atoms with Crippen molar-refractivity contribution in [2.45, 2.75) is 69.1 Å². The summed E-state index contributed by atoms with van der Waals surface area (Å²) in [6.45, 7) is 6.87. The fourth-order valence-electron chi connectivity index (χ4n) is 3.04. The van der Waals surface area contributed by atoms with Gasteiger partial charge in [-0.3, -0.25) is 0 Å². The summed E-state index contributed by atoms with van der Waals surface area (Å²) in [6, 6.07) is 9.41. The molecule has 5 heteroatoms. The van der Waals surface area contributed by atoms with E-state index in [1.54, 1.807) is 6.07 Å². The lowest BCUT2D eigenvalue weighted by atomic mass is 10.0. The molecule has 27 heavy (non-hydrogen) atoms. The van der Waals surface area contributed by atoms with Crippen LogP contribution < -0.4 is 4.74 Å². The molecule has 0 aliphatic rings. The third-order valence-electron chi connectivity index (χ3n) is 4.47. The highest BCUT2D eigenvalue weighted by atomic mass is 32.2. The average Bonchev–Trinajstić information content (AvgIpc) is 2.64. The number of hydrogen-bond acceptors (Lipinski definition) is 4. The molecule has 0 aromatic heterocycles. The van der Waals surface area contributed by atoms with Gasteiger partial charge in [-0.25, -0.2) is 8.42 Å². The van der Waals surface area contributed by atoms with Crippen molar-refractivity contribution in [2.75, 3.05) is 6.61 Å². The van der Waals surface area contributed by atoms with Crippen LogP contribution >= 0.6 is 0 Å². The van der Waals surface area contributed by atoms with E-state index in [-0.39, 0.29) is 10.6 Å². The molecule has 4 nitrogen and oxygen atoms in total. The molecule has 0 spiro atoms. The van der Waals surface area contributed by atoms with Crippen molar-refractivity contribution < 1.29 is 18.3 Å². The van der Waals surface area contributed by atoms with Crippen molar-refractivity contribution in [1.29, 1.82) is 0 Å². The van der Waals surface area contributed by atoms with Crippen LogP contribution in [0.15, 0.2) is 46.2 Å². The van der Waals surface area contributed by atoms with Crippen LogP contribution in [0.1, 0.15) is 57.6 Å². The molecule has 0 atom stereocenters. The van der Waals surface area contributed by atoms with Gasteiger partial charge in [-0.05, 0) is 66.8 Å². The van der Waals surface area contributed by atoms with Crippen molar-refractivity contribution in [2.24, 2.45) is 0 Å². The predicted octanol–water partition coefficient (Wildman–Crippen LogP) is 5.31. The number of rotatable bonds is 10. The largest absolute Gasteiger partial charge is 0.508 e. The first kappa shape index (κ1) is 21.3. The van der Waals surface area contributed by atoms with Gasteiger partial charge in [-0.15, -0.1) is 0 Å². The molecule has 2 aromatic carbocycles. The number of aromatic hydroxyl groups is 1. The van der Waals surface area contributed by atoms with Crippen molar-refractivity contribution in [3.05, 3.63) is 47.5 Å². The highest BCUT2D eigenvalue weighted by Crippen LogP contribution is 2.33. The summed E-state index contributed by atoms with van der Waals surface area (Å²) in [7, 11) is -3.66. The van der Waals surface area contributed by atoms with Crippen LogP contribution in [0.2, 0.25) is 0 Å². The Hall–Kier alpha value is -2.01. The highest BCUT2D eigenvalue weighted by molar-refractivity contribution is 7.91. The quantitative estimate of drug-likeness (QED) is 0.559. The van der Waals surface area contributed by atoms with Crippen LogP contribution in [-0.2, 0) is 22.7 Å². The first-order valence-corrected chi connectivity index (χ1v) is 11.2. The molecule has 0 unspecified atom stereocenters. The third-order valence-corrected chi connectivity index (χ3v) is 6.33. The van der Waals surface area contributed by atoms with Gasteiger partial charge in [0, 0.05) is 0 Å². The molecule has 0 fully saturated rings. The van der Waals surface area contributed by atoms with Gasteiger partial charge in [-0.1, -0.05) is 40.0 Å². The Morgan fingerprint density at radius 2 is 1.52 bits per heavy atom.